The van der Waals surface area contributed by atoms with Crippen molar-refractivity contribution in [3.05, 3.63) is 28.8 Å². The molecule has 2 aliphatic heterocycles. The lowest BCUT2D eigenvalue weighted by atomic mass is 9.95. The lowest BCUT2D eigenvalue weighted by molar-refractivity contribution is 0.0965. The van der Waals surface area contributed by atoms with Gasteiger partial charge in [-0.1, -0.05) is 6.92 Å². The largest absolute Gasteiger partial charge is 0.348 e. The third-order valence-electron chi connectivity index (χ3n) is 4.96. The van der Waals surface area contributed by atoms with E-state index < -0.39 is 0 Å². The molecule has 1 N–H and O–H groups in total. The molecule has 1 fully saturated rings. The number of thioether (sulfide) groups is 2. The van der Waals surface area contributed by atoms with Crippen LogP contribution >= 0.6 is 23.5 Å². The second kappa shape index (κ2) is 7.49. The number of nitrogens with one attached hydrogen (secondary N) is 1. The molecule has 2 aliphatic rings. The topological polar surface area (TPSA) is 32.3 Å². The molecule has 0 saturated carbocycles. The smallest absolute Gasteiger partial charge is 0.251 e. The Morgan fingerprint density at radius 2 is 2.22 bits per heavy atom. The standard InChI is InChI=1S/C18H26N2OS2/c1-12-5-4-6-20(10-12)16(11-22-2)13-7-14-15(9-19-18(14)21)17(8-13)23-3/h7-8,12,16H,4-6,9-11H2,1-3H3,(H,19,21)/t12-,16?/m0/s1. The van der Waals surface area contributed by atoms with Gasteiger partial charge in [0.1, 0.15) is 0 Å². The molecule has 0 aliphatic carbocycles. The number of piperidine rings is 1. The first-order valence-electron chi connectivity index (χ1n) is 8.36. The number of nitrogens with zero attached hydrogens (tertiary/aromatic N) is 1. The van der Waals surface area contributed by atoms with Crippen molar-refractivity contribution in [2.24, 2.45) is 5.92 Å². The molecule has 1 saturated heterocycles. The molecule has 23 heavy (non-hydrogen) atoms. The summed E-state index contributed by atoms with van der Waals surface area (Å²) in [5.41, 5.74) is 3.39. The number of amides is 1. The normalized spacial score (nSPS) is 22.7. The molecule has 0 aromatic heterocycles. The zero-order valence-corrected chi connectivity index (χ0v) is 15.9. The fourth-order valence-corrected chi connectivity index (χ4v) is 5.17. The minimum atomic E-state index is 0.0899. The molecule has 0 spiro atoms. The minimum Gasteiger partial charge on any atom is -0.348 e. The van der Waals surface area contributed by atoms with Gasteiger partial charge < -0.3 is 5.32 Å². The molecule has 1 amide bonds. The number of likely N-dealkylation sites (tertiary alicyclic amines) is 1. The lowest BCUT2D eigenvalue weighted by Crippen LogP contribution is -2.38. The van der Waals surface area contributed by atoms with Crippen LogP contribution in [0.1, 0.15) is 47.3 Å². The Morgan fingerprint density at radius 3 is 2.91 bits per heavy atom. The van der Waals surface area contributed by atoms with Crippen molar-refractivity contribution in [2.45, 2.75) is 37.2 Å². The maximum absolute atomic E-state index is 12.2. The van der Waals surface area contributed by atoms with E-state index >= 15 is 0 Å². The quantitative estimate of drug-likeness (QED) is 0.819. The van der Waals surface area contributed by atoms with Crippen LogP contribution in [0.2, 0.25) is 0 Å². The first-order chi connectivity index (χ1) is 11.1. The van der Waals surface area contributed by atoms with Crippen molar-refractivity contribution in [2.75, 3.05) is 31.4 Å². The monoisotopic (exact) mass is 350 g/mol. The third-order valence-corrected chi connectivity index (χ3v) is 6.41. The van der Waals surface area contributed by atoms with Crippen LogP contribution in [0.5, 0.6) is 0 Å². The Hall–Kier alpha value is -0.650. The Balaban J connectivity index is 1.96. The van der Waals surface area contributed by atoms with E-state index in [1.165, 1.54) is 42.0 Å². The zero-order chi connectivity index (χ0) is 16.4. The molecular weight excluding hydrogens is 324 g/mol. The average molecular weight is 351 g/mol. The van der Waals surface area contributed by atoms with E-state index in [1.807, 2.05) is 11.8 Å². The first kappa shape index (κ1) is 17.2. The van der Waals surface area contributed by atoms with Gasteiger partial charge in [-0.05, 0) is 61.1 Å². The summed E-state index contributed by atoms with van der Waals surface area (Å²) in [6.45, 7) is 5.38. The van der Waals surface area contributed by atoms with Crippen LogP contribution < -0.4 is 5.32 Å². The summed E-state index contributed by atoms with van der Waals surface area (Å²) in [6.07, 6.45) is 6.91. The van der Waals surface area contributed by atoms with Gasteiger partial charge >= 0.3 is 0 Å². The van der Waals surface area contributed by atoms with Gasteiger partial charge in [0.2, 0.25) is 0 Å². The average Bonchev–Trinajstić information content (AvgIpc) is 2.93. The van der Waals surface area contributed by atoms with E-state index in [-0.39, 0.29) is 5.91 Å². The molecule has 2 atom stereocenters. The van der Waals surface area contributed by atoms with Crippen LogP contribution in [0.4, 0.5) is 0 Å². The summed E-state index contributed by atoms with van der Waals surface area (Å²) in [5, 5.41) is 2.97. The molecule has 0 radical (unpaired) electrons. The fraction of sp³-hybridized carbons (Fsp3) is 0.611. The molecule has 5 heteroatoms. The van der Waals surface area contributed by atoms with Crippen molar-refractivity contribution in [3.8, 4) is 0 Å². The maximum Gasteiger partial charge on any atom is 0.251 e. The van der Waals surface area contributed by atoms with E-state index in [9.17, 15) is 4.79 Å². The zero-order valence-electron chi connectivity index (χ0n) is 14.2. The molecule has 1 unspecified atom stereocenters. The van der Waals surface area contributed by atoms with Crippen LogP contribution in [0.25, 0.3) is 0 Å². The number of hydrogen-bond acceptors (Lipinski definition) is 4. The van der Waals surface area contributed by atoms with Gasteiger partial charge in [-0.25, -0.2) is 0 Å². The Morgan fingerprint density at radius 1 is 1.39 bits per heavy atom. The predicted octanol–water partition coefficient (Wildman–Crippen LogP) is 3.79. The van der Waals surface area contributed by atoms with E-state index in [0.29, 0.717) is 12.6 Å². The van der Waals surface area contributed by atoms with Crippen LogP contribution in [0.15, 0.2) is 17.0 Å². The summed E-state index contributed by atoms with van der Waals surface area (Å²) >= 11 is 3.65. The number of hydrogen-bond donors (Lipinski definition) is 1. The summed E-state index contributed by atoms with van der Waals surface area (Å²) < 4.78 is 0. The van der Waals surface area contributed by atoms with Crippen molar-refractivity contribution in [1.29, 1.82) is 0 Å². The van der Waals surface area contributed by atoms with Crippen LogP contribution in [-0.4, -0.2) is 42.2 Å². The van der Waals surface area contributed by atoms with E-state index in [0.717, 1.165) is 17.2 Å². The molecule has 126 valence electrons. The van der Waals surface area contributed by atoms with Crippen LogP contribution in [0, 0.1) is 5.92 Å². The Labute approximate surface area is 148 Å². The Bertz CT molecular complexity index is 591. The summed E-state index contributed by atoms with van der Waals surface area (Å²) in [7, 11) is 0. The number of fused-ring (bicyclic) bond motifs is 1. The van der Waals surface area contributed by atoms with Gasteiger partial charge in [0, 0.05) is 35.3 Å². The molecule has 0 bridgehead atoms. The summed E-state index contributed by atoms with van der Waals surface area (Å²) in [4.78, 5) is 16.0. The molecular formula is C18H26N2OS2. The number of rotatable bonds is 5. The van der Waals surface area contributed by atoms with Gasteiger partial charge in [-0.2, -0.15) is 11.8 Å². The van der Waals surface area contributed by atoms with Gasteiger partial charge in [-0.3, -0.25) is 9.69 Å². The highest BCUT2D eigenvalue weighted by Crippen LogP contribution is 2.35. The molecule has 2 heterocycles. The number of carbonyl (C=O) groups excluding carboxylic acids is 1. The van der Waals surface area contributed by atoms with Crippen molar-refractivity contribution in [3.63, 3.8) is 0 Å². The van der Waals surface area contributed by atoms with Crippen LogP contribution in [-0.2, 0) is 6.54 Å². The second-order valence-electron chi connectivity index (χ2n) is 6.65. The molecule has 3 nitrogen and oxygen atoms in total. The summed E-state index contributed by atoms with van der Waals surface area (Å²) in [6, 6.07) is 4.89. The minimum absolute atomic E-state index is 0.0899. The van der Waals surface area contributed by atoms with E-state index in [4.69, 9.17) is 0 Å². The van der Waals surface area contributed by atoms with Crippen molar-refractivity contribution < 1.29 is 4.79 Å². The lowest BCUT2D eigenvalue weighted by Gasteiger charge is -2.37. The maximum atomic E-state index is 12.2. The highest BCUT2D eigenvalue weighted by molar-refractivity contribution is 7.98. The predicted molar refractivity (Wildman–Crippen MR) is 100 cm³/mol. The fourth-order valence-electron chi connectivity index (χ4n) is 3.77. The van der Waals surface area contributed by atoms with Crippen LogP contribution in [0.3, 0.4) is 0 Å². The Kier molecular flexibility index (Phi) is 5.60. The van der Waals surface area contributed by atoms with Gasteiger partial charge in [-0.15, -0.1) is 11.8 Å². The second-order valence-corrected chi connectivity index (χ2v) is 8.40. The van der Waals surface area contributed by atoms with Crippen molar-refractivity contribution in [1.82, 2.24) is 10.2 Å². The SMILES string of the molecule is CSCC(c1cc(SC)c2c(c1)C(=O)NC2)N1CCC[C@H](C)C1. The highest BCUT2D eigenvalue weighted by Gasteiger charge is 2.28. The van der Waals surface area contributed by atoms with Gasteiger partial charge in [0.15, 0.2) is 0 Å². The molecule has 1 aromatic rings. The summed E-state index contributed by atoms with van der Waals surface area (Å²) in [5.74, 6) is 1.94. The highest BCUT2D eigenvalue weighted by atomic mass is 32.2. The molecule has 1 aromatic carbocycles. The van der Waals surface area contributed by atoms with Gasteiger partial charge in [0.05, 0.1) is 0 Å². The molecule has 3 rings (SSSR count). The number of carbonyl (C=O) groups is 1. The van der Waals surface area contributed by atoms with Crippen molar-refractivity contribution >= 4 is 29.4 Å². The third kappa shape index (κ3) is 3.57. The van der Waals surface area contributed by atoms with Gasteiger partial charge in [0.25, 0.3) is 5.91 Å². The first-order valence-corrected chi connectivity index (χ1v) is 11.0. The van der Waals surface area contributed by atoms with E-state index in [2.05, 4.69) is 41.8 Å². The number of benzene rings is 1. The van der Waals surface area contributed by atoms with E-state index in [1.54, 1.807) is 11.8 Å².